The van der Waals surface area contributed by atoms with Gasteiger partial charge in [0.2, 0.25) is 0 Å². The summed E-state index contributed by atoms with van der Waals surface area (Å²) in [6.07, 6.45) is 6.27. The topological polar surface area (TPSA) is 71.4 Å². The van der Waals surface area contributed by atoms with Crippen molar-refractivity contribution in [3.63, 3.8) is 0 Å². The normalized spacial score (nSPS) is 11.2. The maximum absolute atomic E-state index is 8.65. The summed E-state index contributed by atoms with van der Waals surface area (Å²) in [6.45, 7) is 0. The largest absolute Gasteiger partial charge is 0.313 e. The van der Waals surface area contributed by atoms with Crippen LogP contribution in [-0.2, 0) is 0 Å². The van der Waals surface area contributed by atoms with E-state index in [1.807, 2.05) is 0 Å². The van der Waals surface area contributed by atoms with Crippen LogP contribution in [0.2, 0.25) is 0 Å². The molecule has 0 fully saturated rings. The number of nitrogens with one attached hydrogen (secondary N) is 1. The maximum atomic E-state index is 8.65. The number of nitrogens with zero attached hydrogens (tertiary/aromatic N) is 2. The van der Waals surface area contributed by atoms with Crippen molar-refractivity contribution in [3.8, 4) is 12.1 Å². The van der Waals surface area contributed by atoms with E-state index < -0.39 is 0 Å². The molecule has 13 heavy (non-hydrogen) atoms. The van der Waals surface area contributed by atoms with Gasteiger partial charge >= 0.3 is 0 Å². The minimum absolute atomic E-state index is 0.000384. The van der Waals surface area contributed by atoms with Crippen LogP contribution in [0.15, 0.2) is 0 Å². The number of hydrogen-bond acceptors (Lipinski definition) is 3. The average molecular weight is 177 g/mol. The molecule has 0 rings (SSSR count). The molecule has 0 saturated heterocycles. The highest BCUT2D eigenvalue weighted by Crippen LogP contribution is 2.12. The van der Waals surface area contributed by atoms with Gasteiger partial charge in [0.1, 0.15) is 0 Å². The van der Waals surface area contributed by atoms with Crippen LogP contribution in [-0.4, -0.2) is 6.21 Å². The lowest BCUT2D eigenvalue weighted by Crippen LogP contribution is -1.97. The molecule has 0 bridgehead atoms. The zero-order valence-corrected chi connectivity index (χ0v) is 7.79. The first-order valence-corrected chi connectivity index (χ1v) is 4.60. The van der Waals surface area contributed by atoms with Gasteiger partial charge in [-0.2, -0.15) is 10.5 Å². The molecule has 1 N–H and O–H groups in total. The molecule has 0 aromatic rings. The Morgan fingerprint density at radius 2 is 2.00 bits per heavy atom. The van der Waals surface area contributed by atoms with Crippen LogP contribution in [0.3, 0.4) is 0 Å². The summed E-state index contributed by atoms with van der Waals surface area (Å²) >= 11 is 0. The lowest BCUT2D eigenvalue weighted by Gasteiger charge is -2.03. The zero-order chi connectivity index (χ0) is 9.94. The lowest BCUT2D eigenvalue weighted by atomic mass is 9.99. The van der Waals surface area contributed by atoms with Crippen LogP contribution >= 0.6 is 0 Å². The highest BCUT2D eigenvalue weighted by atomic mass is 14.3. The van der Waals surface area contributed by atoms with Crippen molar-refractivity contribution in [2.75, 3.05) is 0 Å². The molecular weight excluding hydrogens is 162 g/mol. The molecule has 0 aromatic heterocycles. The van der Waals surface area contributed by atoms with Gasteiger partial charge in [0.25, 0.3) is 0 Å². The molecule has 0 amide bonds. The Balaban J connectivity index is 3.35. The van der Waals surface area contributed by atoms with E-state index in [2.05, 4.69) is 12.1 Å². The van der Waals surface area contributed by atoms with Gasteiger partial charge in [0, 0.05) is 6.42 Å². The predicted molar refractivity (Wildman–Crippen MR) is 51.2 cm³/mol. The SMILES string of the molecule is N#CCCCCCC(C#N)CC=N. The van der Waals surface area contributed by atoms with Gasteiger partial charge in [-0.25, -0.2) is 0 Å². The van der Waals surface area contributed by atoms with Crippen LogP contribution < -0.4 is 0 Å². The number of rotatable bonds is 7. The number of nitriles is 2. The fourth-order valence-corrected chi connectivity index (χ4v) is 1.15. The van der Waals surface area contributed by atoms with Gasteiger partial charge in [-0.3, -0.25) is 0 Å². The Bertz CT molecular complexity index is 209. The summed E-state index contributed by atoms with van der Waals surface area (Å²) in [5.41, 5.74) is 0. The van der Waals surface area contributed by atoms with Crippen molar-refractivity contribution < 1.29 is 0 Å². The van der Waals surface area contributed by atoms with Crippen LogP contribution in [0.1, 0.15) is 38.5 Å². The Labute approximate surface area is 79.5 Å². The van der Waals surface area contributed by atoms with Crippen LogP contribution in [0.5, 0.6) is 0 Å². The minimum Gasteiger partial charge on any atom is -0.313 e. The second-order valence-electron chi connectivity index (χ2n) is 3.02. The second-order valence-corrected chi connectivity index (χ2v) is 3.02. The Kier molecular flexibility index (Phi) is 7.84. The number of hydrogen-bond donors (Lipinski definition) is 1. The maximum Gasteiger partial charge on any atom is 0.0659 e. The van der Waals surface area contributed by atoms with E-state index in [0.717, 1.165) is 25.7 Å². The minimum atomic E-state index is -0.000384. The van der Waals surface area contributed by atoms with Gasteiger partial charge in [-0.15, -0.1) is 0 Å². The van der Waals surface area contributed by atoms with Gasteiger partial charge in [-0.05, 0) is 25.5 Å². The molecule has 0 aromatic carbocycles. The van der Waals surface area contributed by atoms with Crippen molar-refractivity contribution in [2.24, 2.45) is 5.92 Å². The third-order valence-electron chi connectivity index (χ3n) is 1.93. The fourth-order valence-electron chi connectivity index (χ4n) is 1.15. The molecular formula is C10H15N3. The molecule has 0 aliphatic carbocycles. The van der Waals surface area contributed by atoms with Crippen LogP contribution in [0, 0.1) is 34.0 Å². The molecule has 70 valence electrons. The fraction of sp³-hybridized carbons (Fsp3) is 0.700. The summed E-state index contributed by atoms with van der Waals surface area (Å²) < 4.78 is 0. The molecule has 0 radical (unpaired) electrons. The molecule has 3 heteroatoms. The van der Waals surface area contributed by atoms with E-state index >= 15 is 0 Å². The molecule has 3 nitrogen and oxygen atoms in total. The summed E-state index contributed by atoms with van der Waals surface area (Å²) in [7, 11) is 0. The van der Waals surface area contributed by atoms with E-state index in [4.69, 9.17) is 15.9 Å². The van der Waals surface area contributed by atoms with E-state index in [9.17, 15) is 0 Å². The average Bonchev–Trinajstić information content (AvgIpc) is 2.16. The van der Waals surface area contributed by atoms with E-state index in [-0.39, 0.29) is 5.92 Å². The highest BCUT2D eigenvalue weighted by molar-refractivity contribution is 5.53. The van der Waals surface area contributed by atoms with Crippen molar-refractivity contribution >= 4 is 6.21 Å². The highest BCUT2D eigenvalue weighted by Gasteiger charge is 2.04. The summed E-state index contributed by atoms with van der Waals surface area (Å²) in [6, 6.07) is 4.27. The first kappa shape index (κ1) is 11.6. The molecule has 0 aliphatic heterocycles. The zero-order valence-electron chi connectivity index (χ0n) is 7.79. The van der Waals surface area contributed by atoms with Crippen molar-refractivity contribution in [3.05, 3.63) is 0 Å². The quantitative estimate of drug-likeness (QED) is 0.479. The second kappa shape index (κ2) is 8.74. The van der Waals surface area contributed by atoms with Crippen LogP contribution in [0.25, 0.3) is 0 Å². The van der Waals surface area contributed by atoms with E-state index in [0.29, 0.717) is 12.8 Å². The molecule has 0 spiro atoms. The van der Waals surface area contributed by atoms with Crippen molar-refractivity contribution in [2.45, 2.75) is 38.5 Å². The summed E-state index contributed by atoms with van der Waals surface area (Å²) in [5, 5.41) is 23.8. The summed E-state index contributed by atoms with van der Waals surface area (Å²) in [4.78, 5) is 0. The first-order chi connectivity index (χ1) is 6.35. The van der Waals surface area contributed by atoms with Gasteiger partial charge in [-0.1, -0.05) is 12.8 Å². The third-order valence-corrected chi connectivity index (χ3v) is 1.93. The van der Waals surface area contributed by atoms with Gasteiger partial charge in [0.15, 0.2) is 0 Å². The third kappa shape index (κ3) is 7.03. The van der Waals surface area contributed by atoms with Crippen LogP contribution in [0.4, 0.5) is 0 Å². The Hall–Kier alpha value is -1.35. The Morgan fingerprint density at radius 1 is 1.23 bits per heavy atom. The lowest BCUT2D eigenvalue weighted by molar-refractivity contribution is 0.558. The standard InChI is InChI=1S/C10H15N3/c11-7-4-2-1-3-5-10(9-13)6-8-12/h8,10,12H,1-6H2. The van der Waals surface area contributed by atoms with Crippen molar-refractivity contribution in [1.29, 1.82) is 15.9 Å². The smallest absolute Gasteiger partial charge is 0.0659 e. The van der Waals surface area contributed by atoms with E-state index in [1.165, 1.54) is 6.21 Å². The molecule has 1 unspecified atom stereocenters. The Morgan fingerprint density at radius 3 is 2.54 bits per heavy atom. The van der Waals surface area contributed by atoms with Crippen molar-refractivity contribution in [1.82, 2.24) is 0 Å². The molecule has 0 saturated carbocycles. The molecule has 0 heterocycles. The van der Waals surface area contributed by atoms with Gasteiger partial charge < -0.3 is 5.41 Å². The predicted octanol–water partition coefficient (Wildman–Crippen LogP) is 2.64. The van der Waals surface area contributed by atoms with E-state index in [1.54, 1.807) is 0 Å². The van der Waals surface area contributed by atoms with Gasteiger partial charge in [0.05, 0.1) is 18.1 Å². The first-order valence-electron chi connectivity index (χ1n) is 4.60. The number of unbranched alkanes of at least 4 members (excludes halogenated alkanes) is 3. The summed E-state index contributed by atoms with van der Waals surface area (Å²) in [5.74, 6) is -0.000384. The molecule has 1 atom stereocenters. The monoisotopic (exact) mass is 177 g/mol. The molecule has 0 aliphatic rings.